The van der Waals surface area contributed by atoms with Crippen LogP contribution < -0.4 is 10.6 Å². The van der Waals surface area contributed by atoms with Crippen LogP contribution in [0, 0.1) is 0 Å². The minimum atomic E-state index is 0.264. The predicted molar refractivity (Wildman–Crippen MR) is 114 cm³/mol. The Bertz CT molecular complexity index is 831. The highest BCUT2D eigenvalue weighted by molar-refractivity contribution is 5.79. The van der Waals surface area contributed by atoms with Crippen molar-refractivity contribution in [2.45, 2.75) is 45.8 Å². The molecule has 0 unspecified atom stereocenters. The molecule has 1 aliphatic heterocycles. The third-order valence-corrected chi connectivity index (χ3v) is 5.17. The van der Waals surface area contributed by atoms with Gasteiger partial charge in [0.2, 0.25) is 5.91 Å². The molecule has 1 heterocycles. The monoisotopic (exact) mass is 378 g/mol. The van der Waals surface area contributed by atoms with Gasteiger partial charge in [-0.2, -0.15) is 0 Å². The Morgan fingerprint density at radius 1 is 1.04 bits per heavy atom. The summed E-state index contributed by atoms with van der Waals surface area (Å²) in [7, 11) is 1.79. The van der Waals surface area contributed by atoms with Crippen LogP contribution in [0.3, 0.4) is 0 Å². The number of carbonyl (C=O) groups excluding carboxylic acids is 1. The van der Waals surface area contributed by atoms with Crippen LogP contribution in [0.15, 0.2) is 53.5 Å². The summed E-state index contributed by atoms with van der Waals surface area (Å²) in [5, 5.41) is 6.78. The Balaban J connectivity index is 1.53. The molecule has 148 valence electrons. The number of hydrogen-bond acceptors (Lipinski definition) is 2. The second-order valence-corrected chi connectivity index (χ2v) is 7.14. The van der Waals surface area contributed by atoms with E-state index in [1.165, 1.54) is 22.3 Å². The largest absolute Gasteiger partial charge is 0.352 e. The first-order valence-electron chi connectivity index (χ1n) is 10.1. The molecule has 5 heteroatoms. The van der Waals surface area contributed by atoms with Crippen LogP contribution in [0.4, 0.5) is 0 Å². The van der Waals surface area contributed by atoms with Gasteiger partial charge in [-0.25, -0.2) is 0 Å². The van der Waals surface area contributed by atoms with Crippen molar-refractivity contribution in [2.24, 2.45) is 4.99 Å². The second-order valence-electron chi connectivity index (χ2n) is 7.14. The fraction of sp³-hybridized carbons (Fsp3) is 0.391. The number of hydrogen-bond donors (Lipinski definition) is 2. The first-order valence-corrected chi connectivity index (χ1v) is 10.1. The lowest BCUT2D eigenvalue weighted by Crippen LogP contribution is -2.36. The molecule has 1 aliphatic rings. The Labute approximate surface area is 167 Å². The van der Waals surface area contributed by atoms with Gasteiger partial charge in [0.15, 0.2) is 5.96 Å². The highest BCUT2D eigenvalue weighted by Gasteiger charge is 2.19. The van der Waals surface area contributed by atoms with Gasteiger partial charge in [-0.15, -0.1) is 0 Å². The lowest BCUT2D eigenvalue weighted by Gasteiger charge is -2.17. The number of aryl methyl sites for hydroxylation is 1. The van der Waals surface area contributed by atoms with Gasteiger partial charge in [0.25, 0.3) is 0 Å². The molecule has 0 saturated carbocycles. The number of amides is 1. The number of nitrogens with zero attached hydrogens (tertiary/aromatic N) is 2. The zero-order chi connectivity index (χ0) is 19.8. The quantitative estimate of drug-likeness (QED) is 0.574. The van der Waals surface area contributed by atoms with Gasteiger partial charge in [-0.05, 0) is 35.1 Å². The lowest BCUT2D eigenvalue weighted by molar-refractivity contribution is -0.128. The van der Waals surface area contributed by atoms with Gasteiger partial charge in [-0.3, -0.25) is 9.79 Å². The first-order chi connectivity index (χ1) is 13.7. The summed E-state index contributed by atoms with van der Waals surface area (Å²) >= 11 is 0. The smallest absolute Gasteiger partial charge is 0.222 e. The van der Waals surface area contributed by atoms with Crippen LogP contribution in [0.1, 0.15) is 42.0 Å². The third kappa shape index (κ3) is 5.35. The maximum absolute atomic E-state index is 11.8. The standard InChI is InChI=1S/C23H30N4O/c1-3-20-10-4-5-11-21(20)16-26-23(24-2)25-15-18-8-6-9-19(14-18)17-27-13-7-12-22(27)28/h4-6,8-11,14H,3,7,12-13,15-17H2,1-2H3,(H2,24,25,26). The third-order valence-electron chi connectivity index (χ3n) is 5.17. The molecule has 1 fully saturated rings. The zero-order valence-corrected chi connectivity index (χ0v) is 16.9. The molecular weight excluding hydrogens is 348 g/mol. The van der Waals surface area contributed by atoms with Crippen LogP contribution >= 0.6 is 0 Å². The summed E-state index contributed by atoms with van der Waals surface area (Å²) < 4.78 is 0. The maximum Gasteiger partial charge on any atom is 0.222 e. The van der Waals surface area contributed by atoms with Gasteiger partial charge < -0.3 is 15.5 Å². The minimum absolute atomic E-state index is 0.264. The fourth-order valence-electron chi connectivity index (χ4n) is 3.59. The lowest BCUT2D eigenvalue weighted by atomic mass is 10.1. The molecular formula is C23H30N4O. The van der Waals surface area contributed by atoms with Crippen molar-refractivity contribution in [1.82, 2.24) is 15.5 Å². The molecule has 0 spiro atoms. The molecule has 28 heavy (non-hydrogen) atoms. The molecule has 3 rings (SSSR count). The molecule has 2 N–H and O–H groups in total. The average Bonchev–Trinajstić information content (AvgIpc) is 3.13. The number of benzene rings is 2. The summed E-state index contributed by atoms with van der Waals surface area (Å²) in [5.41, 5.74) is 5.01. The molecule has 0 aliphatic carbocycles. The van der Waals surface area contributed by atoms with E-state index < -0.39 is 0 Å². The van der Waals surface area contributed by atoms with E-state index in [9.17, 15) is 4.79 Å². The average molecular weight is 379 g/mol. The number of nitrogens with one attached hydrogen (secondary N) is 2. The van der Waals surface area contributed by atoms with Crippen molar-refractivity contribution in [1.29, 1.82) is 0 Å². The van der Waals surface area contributed by atoms with Crippen molar-refractivity contribution in [3.63, 3.8) is 0 Å². The predicted octanol–water partition coefficient (Wildman–Crippen LogP) is 3.24. The second kappa shape index (κ2) is 9.93. The molecule has 2 aromatic rings. The number of rotatable bonds is 7. The highest BCUT2D eigenvalue weighted by Crippen LogP contribution is 2.15. The van der Waals surface area contributed by atoms with E-state index in [-0.39, 0.29) is 5.91 Å². The Morgan fingerprint density at radius 2 is 1.79 bits per heavy atom. The summed E-state index contributed by atoms with van der Waals surface area (Å²) in [6.07, 6.45) is 2.68. The van der Waals surface area contributed by atoms with Crippen molar-refractivity contribution in [2.75, 3.05) is 13.6 Å². The molecule has 0 atom stereocenters. The molecule has 1 amide bonds. The van der Waals surface area contributed by atoms with Gasteiger partial charge in [0.05, 0.1) is 0 Å². The van der Waals surface area contributed by atoms with E-state index in [2.05, 4.69) is 71.1 Å². The van der Waals surface area contributed by atoms with Crippen molar-refractivity contribution >= 4 is 11.9 Å². The molecule has 0 aromatic heterocycles. The van der Waals surface area contributed by atoms with E-state index in [1.807, 2.05) is 4.90 Å². The Morgan fingerprint density at radius 3 is 2.50 bits per heavy atom. The van der Waals surface area contributed by atoms with E-state index in [1.54, 1.807) is 7.05 Å². The van der Waals surface area contributed by atoms with E-state index >= 15 is 0 Å². The van der Waals surface area contributed by atoms with E-state index in [0.29, 0.717) is 19.5 Å². The summed E-state index contributed by atoms with van der Waals surface area (Å²) in [5.74, 6) is 1.05. The first kappa shape index (κ1) is 19.9. The number of guanidine groups is 1. The normalized spacial score (nSPS) is 14.4. The number of carbonyl (C=O) groups is 1. The van der Waals surface area contributed by atoms with E-state index in [0.717, 1.165) is 31.9 Å². The number of likely N-dealkylation sites (tertiary alicyclic amines) is 1. The van der Waals surface area contributed by atoms with Crippen LogP contribution in [-0.4, -0.2) is 30.4 Å². The molecule has 1 saturated heterocycles. The van der Waals surface area contributed by atoms with Gasteiger partial charge >= 0.3 is 0 Å². The van der Waals surface area contributed by atoms with Crippen LogP contribution in [0.25, 0.3) is 0 Å². The van der Waals surface area contributed by atoms with Crippen LogP contribution in [0.5, 0.6) is 0 Å². The van der Waals surface area contributed by atoms with Crippen molar-refractivity contribution in [3.05, 3.63) is 70.8 Å². The van der Waals surface area contributed by atoms with Gasteiger partial charge in [0.1, 0.15) is 0 Å². The summed E-state index contributed by atoms with van der Waals surface area (Å²) in [4.78, 5) is 18.1. The molecule has 5 nitrogen and oxygen atoms in total. The summed E-state index contributed by atoms with van der Waals surface area (Å²) in [6, 6.07) is 16.9. The molecule has 0 radical (unpaired) electrons. The highest BCUT2D eigenvalue weighted by atomic mass is 16.2. The Hall–Kier alpha value is -2.82. The molecule has 2 aromatic carbocycles. The van der Waals surface area contributed by atoms with Crippen LogP contribution in [-0.2, 0) is 30.8 Å². The van der Waals surface area contributed by atoms with Crippen molar-refractivity contribution < 1.29 is 4.79 Å². The van der Waals surface area contributed by atoms with Gasteiger partial charge in [-0.1, -0.05) is 55.5 Å². The van der Waals surface area contributed by atoms with Crippen molar-refractivity contribution in [3.8, 4) is 0 Å². The van der Waals surface area contributed by atoms with Crippen LogP contribution in [0.2, 0.25) is 0 Å². The Kier molecular flexibility index (Phi) is 7.06. The SMILES string of the molecule is CCc1ccccc1CNC(=NC)NCc1cccc(CN2CCCC2=O)c1. The minimum Gasteiger partial charge on any atom is -0.352 e. The maximum atomic E-state index is 11.8. The van der Waals surface area contributed by atoms with E-state index in [4.69, 9.17) is 0 Å². The van der Waals surface area contributed by atoms with Gasteiger partial charge in [0, 0.05) is 39.6 Å². The summed E-state index contributed by atoms with van der Waals surface area (Å²) in [6.45, 7) is 5.19. The molecule has 0 bridgehead atoms. The fourth-order valence-corrected chi connectivity index (χ4v) is 3.59. The topological polar surface area (TPSA) is 56.7 Å². The number of aliphatic imine (C=N–C) groups is 1. The zero-order valence-electron chi connectivity index (χ0n) is 16.9.